The maximum Gasteiger partial charge on any atom is 0.173 e. The minimum atomic E-state index is 0.168. The lowest BCUT2D eigenvalue weighted by atomic mass is 10.1. The van der Waals surface area contributed by atoms with Crippen LogP contribution < -0.4 is 10.6 Å². The standard InChI is InChI=1S/C15H26N4OS/c1-5-19(11-7-10-18(2)3)12-8-6-9-13(21-4)14(12)15(16)17-20/h6,8-9,20H,5,7,10-11H2,1-4H3,(H2,16,17). The van der Waals surface area contributed by atoms with E-state index in [1.54, 1.807) is 11.8 Å². The van der Waals surface area contributed by atoms with Gasteiger partial charge in [0.2, 0.25) is 0 Å². The van der Waals surface area contributed by atoms with Crippen molar-refractivity contribution >= 4 is 23.3 Å². The van der Waals surface area contributed by atoms with Crippen LogP contribution in [-0.2, 0) is 0 Å². The zero-order valence-electron chi connectivity index (χ0n) is 13.3. The van der Waals surface area contributed by atoms with Crippen molar-refractivity contribution in [3.8, 4) is 0 Å². The molecule has 0 unspecified atom stereocenters. The Balaban J connectivity index is 3.08. The summed E-state index contributed by atoms with van der Waals surface area (Å²) in [6, 6.07) is 6.05. The summed E-state index contributed by atoms with van der Waals surface area (Å²) in [5, 5.41) is 12.3. The molecule has 0 radical (unpaired) electrons. The first kappa shape index (κ1) is 17.7. The molecule has 0 atom stereocenters. The van der Waals surface area contributed by atoms with Gasteiger partial charge in [0.05, 0.1) is 5.56 Å². The summed E-state index contributed by atoms with van der Waals surface area (Å²) in [6.07, 6.45) is 3.07. The number of benzene rings is 1. The van der Waals surface area contributed by atoms with Gasteiger partial charge in [0.15, 0.2) is 5.84 Å². The number of nitrogens with two attached hydrogens (primary N) is 1. The van der Waals surface area contributed by atoms with Crippen LogP contribution in [0.4, 0.5) is 5.69 Å². The van der Waals surface area contributed by atoms with Crippen LogP contribution in [0.1, 0.15) is 18.9 Å². The Hall–Kier alpha value is -1.40. The van der Waals surface area contributed by atoms with Crippen molar-refractivity contribution in [3.63, 3.8) is 0 Å². The average Bonchev–Trinajstić information content (AvgIpc) is 2.49. The zero-order valence-corrected chi connectivity index (χ0v) is 14.2. The fourth-order valence-electron chi connectivity index (χ4n) is 2.29. The van der Waals surface area contributed by atoms with Crippen molar-refractivity contribution in [2.75, 3.05) is 44.9 Å². The third-order valence-corrected chi connectivity index (χ3v) is 4.12. The minimum Gasteiger partial charge on any atom is -0.409 e. The van der Waals surface area contributed by atoms with Crippen LogP contribution in [0, 0.1) is 0 Å². The van der Waals surface area contributed by atoms with E-state index in [0.717, 1.165) is 42.2 Å². The van der Waals surface area contributed by atoms with E-state index in [9.17, 15) is 0 Å². The van der Waals surface area contributed by atoms with E-state index in [2.05, 4.69) is 36.0 Å². The van der Waals surface area contributed by atoms with E-state index < -0.39 is 0 Å². The third kappa shape index (κ3) is 4.82. The second kappa shape index (κ2) is 8.79. The van der Waals surface area contributed by atoms with Gasteiger partial charge in [0.1, 0.15) is 0 Å². The number of rotatable bonds is 8. The van der Waals surface area contributed by atoms with E-state index >= 15 is 0 Å². The molecule has 1 rings (SSSR count). The number of hydrogen-bond acceptors (Lipinski definition) is 5. The number of nitrogens with zero attached hydrogens (tertiary/aromatic N) is 3. The van der Waals surface area contributed by atoms with E-state index in [1.807, 2.05) is 24.5 Å². The molecule has 118 valence electrons. The Morgan fingerprint density at radius 1 is 1.33 bits per heavy atom. The van der Waals surface area contributed by atoms with Gasteiger partial charge in [-0.05, 0) is 52.4 Å². The second-order valence-electron chi connectivity index (χ2n) is 5.08. The molecular formula is C15H26N4OS. The fourth-order valence-corrected chi connectivity index (χ4v) is 2.92. The lowest BCUT2D eigenvalue weighted by Crippen LogP contribution is -2.29. The van der Waals surface area contributed by atoms with Gasteiger partial charge < -0.3 is 20.7 Å². The smallest absolute Gasteiger partial charge is 0.173 e. The summed E-state index contributed by atoms with van der Waals surface area (Å²) in [7, 11) is 4.15. The van der Waals surface area contributed by atoms with Gasteiger partial charge in [-0.25, -0.2) is 0 Å². The number of oxime groups is 1. The molecule has 0 saturated carbocycles. The molecule has 0 aliphatic rings. The summed E-state index contributed by atoms with van der Waals surface area (Å²) in [6.45, 7) is 4.99. The van der Waals surface area contributed by atoms with Crippen LogP contribution in [-0.4, -0.2) is 55.9 Å². The first-order valence-electron chi connectivity index (χ1n) is 7.09. The molecule has 0 heterocycles. The lowest BCUT2D eigenvalue weighted by molar-refractivity contribution is 0.318. The Labute approximate surface area is 131 Å². The van der Waals surface area contributed by atoms with Gasteiger partial charge in [-0.3, -0.25) is 0 Å². The van der Waals surface area contributed by atoms with Crippen molar-refractivity contribution in [1.29, 1.82) is 0 Å². The summed E-state index contributed by atoms with van der Waals surface area (Å²) in [5.74, 6) is 0.168. The van der Waals surface area contributed by atoms with Crippen molar-refractivity contribution in [2.24, 2.45) is 10.9 Å². The molecule has 0 saturated heterocycles. The third-order valence-electron chi connectivity index (χ3n) is 3.34. The van der Waals surface area contributed by atoms with Gasteiger partial charge in [0, 0.05) is 23.7 Å². The highest BCUT2D eigenvalue weighted by molar-refractivity contribution is 7.98. The predicted octanol–water partition coefficient (Wildman–Crippen LogP) is 2.28. The molecule has 0 amide bonds. The van der Waals surface area contributed by atoms with Gasteiger partial charge in [0.25, 0.3) is 0 Å². The molecule has 0 fully saturated rings. The van der Waals surface area contributed by atoms with E-state index in [0.29, 0.717) is 0 Å². The van der Waals surface area contributed by atoms with Crippen LogP contribution in [0.3, 0.4) is 0 Å². The SMILES string of the molecule is CCN(CCCN(C)C)c1cccc(SC)c1/C(N)=N/O. The maximum absolute atomic E-state index is 9.06. The number of hydrogen-bond donors (Lipinski definition) is 2. The molecule has 0 aliphatic heterocycles. The van der Waals surface area contributed by atoms with Crippen LogP contribution in [0.15, 0.2) is 28.3 Å². The molecule has 1 aromatic carbocycles. The van der Waals surface area contributed by atoms with E-state index in [-0.39, 0.29) is 5.84 Å². The van der Waals surface area contributed by atoms with Gasteiger partial charge in [-0.1, -0.05) is 11.2 Å². The molecule has 1 aromatic rings. The van der Waals surface area contributed by atoms with Crippen molar-refractivity contribution < 1.29 is 5.21 Å². The highest BCUT2D eigenvalue weighted by Crippen LogP contribution is 2.29. The maximum atomic E-state index is 9.06. The van der Waals surface area contributed by atoms with Crippen LogP contribution in [0.5, 0.6) is 0 Å². The average molecular weight is 310 g/mol. The Bertz CT molecular complexity index is 477. The Morgan fingerprint density at radius 3 is 2.57 bits per heavy atom. The van der Waals surface area contributed by atoms with Crippen LogP contribution in [0.2, 0.25) is 0 Å². The number of amidine groups is 1. The Morgan fingerprint density at radius 2 is 2.05 bits per heavy atom. The molecule has 5 nitrogen and oxygen atoms in total. The number of thioether (sulfide) groups is 1. The quantitative estimate of drug-likeness (QED) is 0.253. The summed E-state index contributed by atoms with van der Waals surface area (Å²) < 4.78 is 0. The van der Waals surface area contributed by atoms with Crippen molar-refractivity contribution in [3.05, 3.63) is 23.8 Å². The largest absolute Gasteiger partial charge is 0.409 e. The van der Waals surface area contributed by atoms with Crippen molar-refractivity contribution in [2.45, 2.75) is 18.2 Å². The zero-order chi connectivity index (χ0) is 15.8. The molecule has 0 bridgehead atoms. The topological polar surface area (TPSA) is 65.1 Å². The molecule has 3 N–H and O–H groups in total. The molecule has 0 spiro atoms. The summed E-state index contributed by atoms with van der Waals surface area (Å²) in [4.78, 5) is 5.47. The highest BCUT2D eigenvalue weighted by Gasteiger charge is 2.16. The summed E-state index contributed by atoms with van der Waals surface area (Å²) in [5.41, 5.74) is 7.74. The van der Waals surface area contributed by atoms with Crippen LogP contribution in [0.25, 0.3) is 0 Å². The second-order valence-corrected chi connectivity index (χ2v) is 5.92. The fraction of sp³-hybridized carbons (Fsp3) is 0.533. The number of anilines is 1. The molecular weight excluding hydrogens is 284 g/mol. The van der Waals surface area contributed by atoms with Gasteiger partial charge in [-0.2, -0.15) is 0 Å². The van der Waals surface area contributed by atoms with Gasteiger partial charge in [-0.15, -0.1) is 11.8 Å². The van der Waals surface area contributed by atoms with Crippen molar-refractivity contribution in [1.82, 2.24) is 4.90 Å². The molecule has 21 heavy (non-hydrogen) atoms. The molecule has 0 aliphatic carbocycles. The van der Waals surface area contributed by atoms with Gasteiger partial charge >= 0.3 is 0 Å². The van der Waals surface area contributed by atoms with Crippen LogP contribution >= 0.6 is 11.8 Å². The predicted molar refractivity (Wildman–Crippen MR) is 91.8 cm³/mol. The normalized spacial score (nSPS) is 12.0. The molecule has 0 aromatic heterocycles. The van der Waals surface area contributed by atoms with E-state index in [4.69, 9.17) is 10.9 Å². The highest BCUT2D eigenvalue weighted by atomic mass is 32.2. The minimum absolute atomic E-state index is 0.168. The lowest BCUT2D eigenvalue weighted by Gasteiger charge is -2.27. The van der Waals surface area contributed by atoms with E-state index in [1.165, 1.54) is 0 Å². The first-order chi connectivity index (χ1) is 10.0. The molecule has 6 heteroatoms. The first-order valence-corrected chi connectivity index (χ1v) is 8.32. The monoisotopic (exact) mass is 310 g/mol. The summed E-state index contributed by atoms with van der Waals surface area (Å²) >= 11 is 1.60. The Kier molecular flexibility index (Phi) is 7.39.